The third-order valence-electron chi connectivity index (χ3n) is 4.68. The van der Waals surface area contributed by atoms with Crippen LogP contribution >= 0.6 is 0 Å². The molecular formula is C15H16F2N4O. The Balaban J connectivity index is 1.95. The summed E-state index contributed by atoms with van der Waals surface area (Å²) in [6.07, 6.45) is 1.12. The number of nitrogens with zero attached hydrogens (tertiary/aromatic N) is 4. The number of carbonyl (C=O) groups excluding carboxylic acids is 1. The van der Waals surface area contributed by atoms with Gasteiger partial charge in [-0.25, -0.2) is 13.8 Å². The van der Waals surface area contributed by atoms with Crippen LogP contribution in [0, 0.1) is 16.7 Å². The molecule has 7 heteroatoms. The van der Waals surface area contributed by atoms with Gasteiger partial charge in [0, 0.05) is 25.5 Å². The maximum absolute atomic E-state index is 13.5. The van der Waals surface area contributed by atoms with Gasteiger partial charge in [0.2, 0.25) is 0 Å². The van der Waals surface area contributed by atoms with Gasteiger partial charge < -0.3 is 0 Å². The predicted octanol–water partition coefficient (Wildman–Crippen LogP) is 2.12. The molecule has 0 spiro atoms. The zero-order valence-corrected chi connectivity index (χ0v) is 12.2. The summed E-state index contributed by atoms with van der Waals surface area (Å²) in [6.45, 7) is 2.24. The predicted molar refractivity (Wildman–Crippen MR) is 73.5 cm³/mol. The van der Waals surface area contributed by atoms with Crippen molar-refractivity contribution in [2.75, 3.05) is 13.1 Å². The number of aromatic nitrogens is 1. The van der Waals surface area contributed by atoms with Gasteiger partial charge in [-0.15, -0.1) is 0 Å². The molecule has 0 unspecified atom stereocenters. The number of alkyl halides is 2. The lowest BCUT2D eigenvalue weighted by molar-refractivity contribution is -0.148. The first-order chi connectivity index (χ1) is 10.5. The molecule has 0 N–H and O–H groups in total. The Bertz CT molecular complexity index is 645. The molecule has 2 fully saturated rings. The van der Waals surface area contributed by atoms with E-state index in [4.69, 9.17) is 5.26 Å². The van der Waals surface area contributed by atoms with Crippen LogP contribution in [-0.4, -0.2) is 40.4 Å². The molecule has 2 saturated heterocycles. The topological polar surface area (TPSA) is 60.2 Å². The van der Waals surface area contributed by atoms with E-state index in [1.165, 1.54) is 11.2 Å². The van der Waals surface area contributed by atoms with Gasteiger partial charge in [-0.05, 0) is 24.5 Å². The summed E-state index contributed by atoms with van der Waals surface area (Å²) in [4.78, 5) is 16.6. The van der Waals surface area contributed by atoms with Crippen molar-refractivity contribution in [2.24, 2.45) is 5.41 Å². The number of rotatable bonds is 3. The molecular weight excluding hydrogens is 290 g/mol. The number of fused-ring (bicyclic) bond motifs is 1. The van der Waals surface area contributed by atoms with Crippen LogP contribution in [-0.2, 0) is 4.79 Å². The van der Waals surface area contributed by atoms with Gasteiger partial charge in [-0.1, -0.05) is 6.92 Å². The van der Waals surface area contributed by atoms with Crippen molar-refractivity contribution >= 4 is 5.91 Å². The summed E-state index contributed by atoms with van der Waals surface area (Å²) in [7, 11) is 0. The Morgan fingerprint density at radius 3 is 2.95 bits per heavy atom. The molecule has 5 nitrogen and oxygen atoms in total. The van der Waals surface area contributed by atoms with Crippen molar-refractivity contribution in [1.82, 2.24) is 15.0 Å². The summed E-state index contributed by atoms with van der Waals surface area (Å²) < 4.78 is 26.9. The molecule has 1 aromatic rings. The molecule has 116 valence electrons. The molecule has 2 aliphatic rings. The van der Waals surface area contributed by atoms with E-state index in [9.17, 15) is 13.6 Å². The Labute approximate surface area is 127 Å². The van der Waals surface area contributed by atoms with E-state index in [-0.39, 0.29) is 19.0 Å². The maximum Gasteiger partial charge on any atom is 0.254 e. The van der Waals surface area contributed by atoms with E-state index in [2.05, 4.69) is 4.98 Å². The molecule has 1 aromatic heterocycles. The first kappa shape index (κ1) is 14.9. The minimum absolute atomic E-state index is 0.0574. The lowest BCUT2D eigenvalue weighted by Crippen LogP contribution is -2.41. The van der Waals surface area contributed by atoms with E-state index in [1.807, 2.05) is 6.07 Å². The number of halogens is 2. The highest BCUT2D eigenvalue weighted by molar-refractivity contribution is 5.85. The second-order valence-corrected chi connectivity index (χ2v) is 5.77. The lowest BCUT2D eigenvalue weighted by atomic mass is 9.84. The standard InChI is InChI=1S/C15H16F2N4O/c1-2-15(13(16)17)9-20-4-3-12(21(20)14(15)22)11-5-10(6-18)7-19-8-11/h5,7-8,12-13H,2-4,9H2,1H3/t12-,15+/m0/s1. The highest BCUT2D eigenvalue weighted by Gasteiger charge is 2.59. The number of hydrogen-bond donors (Lipinski definition) is 0. The molecule has 1 amide bonds. The summed E-state index contributed by atoms with van der Waals surface area (Å²) >= 11 is 0. The van der Waals surface area contributed by atoms with Crippen LogP contribution in [0.15, 0.2) is 18.5 Å². The van der Waals surface area contributed by atoms with E-state index in [0.29, 0.717) is 18.5 Å². The minimum Gasteiger partial charge on any atom is -0.272 e. The van der Waals surface area contributed by atoms with Crippen LogP contribution in [0.1, 0.15) is 36.9 Å². The highest BCUT2D eigenvalue weighted by Crippen LogP contribution is 2.46. The fraction of sp³-hybridized carbons (Fsp3) is 0.533. The molecule has 0 aliphatic carbocycles. The van der Waals surface area contributed by atoms with Crippen LogP contribution in [0.4, 0.5) is 8.78 Å². The zero-order chi connectivity index (χ0) is 15.9. The fourth-order valence-electron chi connectivity index (χ4n) is 3.33. The van der Waals surface area contributed by atoms with Crippen molar-refractivity contribution < 1.29 is 13.6 Å². The van der Waals surface area contributed by atoms with Gasteiger partial charge in [0.15, 0.2) is 0 Å². The number of hydrogen-bond acceptors (Lipinski definition) is 4. The van der Waals surface area contributed by atoms with Gasteiger partial charge in [-0.3, -0.25) is 14.8 Å². The lowest BCUT2D eigenvalue weighted by Gasteiger charge is -2.27. The van der Waals surface area contributed by atoms with Crippen LogP contribution in [0.3, 0.4) is 0 Å². The summed E-state index contributed by atoms with van der Waals surface area (Å²) in [5.74, 6) is -0.519. The second kappa shape index (κ2) is 5.29. The van der Waals surface area contributed by atoms with Crippen molar-refractivity contribution in [3.05, 3.63) is 29.6 Å². The van der Waals surface area contributed by atoms with Crippen LogP contribution in [0.25, 0.3) is 0 Å². The number of amides is 1. The third kappa shape index (κ3) is 1.98. The van der Waals surface area contributed by atoms with Crippen molar-refractivity contribution in [1.29, 1.82) is 5.26 Å². The molecule has 0 aromatic carbocycles. The molecule has 2 atom stereocenters. The van der Waals surface area contributed by atoms with Crippen LogP contribution < -0.4 is 0 Å². The van der Waals surface area contributed by atoms with Gasteiger partial charge in [-0.2, -0.15) is 5.26 Å². The largest absolute Gasteiger partial charge is 0.272 e. The summed E-state index contributed by atoms with van der Waals surface area (Å²) in [5.41, 5.74) is -0.492. The Morgan fingerprint density at radius 2 is 2.32 bits per heavy atom. The normalized spacial score (nSPS) is 28.2. The Kier molecular flexibility index (Phi) is 3.57. The molecule has 22 heavy (non-hydrogen) atoms. The quantitative estimate of drug-likeness (QED) is 0.858. The average Bonchev–Trinajstić information content (AvgIpc) is 3.06. The first-order valence-electron chi connectivity index (χ1n) is 7.25. The minimum atomic E-state index is -2.68. The monoisotopic (exact) mass is 306 g/mol. The van der Waals surface area contributed by atoms with Crippen molar-refractivity contribution in [3.63, 3.8) is 0 Å². The van der Waals surface area contributed by atoms with Gasteiger partial charge in [0.05, 0.1) is 11.6 Å². The third-order valence-corrected chi connectivity index (χ3v) is 4.68. The van der Waals surface area contributed by atoms with E-state index < -0.39 is 17.7 Å². The van der Waals surface area contributed by atoms with Crippen molar-refractivity contribution in [2.45, 2.75) is 32.2 Å². The maximum atomic E-state index is 13.5. The average molecular weight is 306 g/mol. The molecule has 0 saturated carbocycles. The first-order valence-corrected chi connectivity index (χ1v) is 7.25. The van der Waals surface area contributed by atoms with Crippen LogP contribution in [0.5, 0.6) is 0 Å². The molecule has 3 heterocycles. The number of carbonyl (C=O) groups is 1. The summed E-state index contributed by atoms with van der Waals surface area (Å²) in [5, 5.41) is 12.1. The highest BCUT2D eigenvalue weighted by atomic mass is 19.3. The molecule has 3 rings (SSSR count). The van der Waals surface area contributed by atoms with E-state index in [0.717, 1.165) is 5.56 Å². The zero-order valence-electron chi connectivity index (χ0n) is 12.2. The fourth-order valence-corrected chi connectivity index (χ4v) is 3.33. The number of hydrazine groups is 1. The summed E-state index contributed by atoms with van der Waals surface area (Å²) in [6, 6.07) is 3.36. The van der Waals surface area contributed by atoms with Crippen molar-refractivity contribution in [3.8, 4) is 6.07 Å². The Morgan fingerprint density at radius 1 is 1.55 bits per heavy atom. The van der Waals surface area contributed by atoms with Gasteiger partial charge in [0.25, 0.3) is 12.3 Å². The number of nitriles is 1. The molecule has 0 bridgehead atoms. The van der Waals surface area contributed by atoms with Gasteiger partial charge in [0.1, 0.15) is 11.5 Å². The number of pyridine rings is 1. The molecule has 2 aliphatic heterocycles. The molecule has 0 radical (unpaired) electrons. The smallest absolute Gasteiger partial charge is 0.254 e. The van der Waals surface area contributed by atoms with Crippen LogP contribution in [0.2, 0.25) is 0 Å². The Hall–Kier alpha value is -2.07. The van der Waals surface area contributed by atoms with E-state index in [1.54, 1.807) is 24.2 Å². The van der Waals surface area contributed by atoms with E-state index >= 15 is 0 Å². The second-order valence-electron chi connectivity index (χ2n) is 5.77. The van der Waals surface area contributed by atoms with Gasteiger partial charge >= 0.3 is 0 Å². The SMILES string of the molecule is CC[C@]1(C(F)F)CN2CC[C@@H](c3cncc(C#N)c3)N2C1=O.